The van der Waals surface area contributed by atoms with Gasteiger partial charge in [0.2, 0.25) is 0 Å². The van der Waals surface area contributed by atoms with E-state index in [9.17, 15) is 8.78 Å². The van der Waals surface area contributed by atoms with Crippen LogP contribution in [-0.2, 0) is 5.41 Å². The molecule has 9 heteroatoms. The molecule has 0 bridgehead atoms. The lowest BCUT2D eigenvalue weighted by atomic mass is 9.62. The summed E-state index contributed by atoms with van der Waals surface area (Å²) in [6.07, 6.45) is 5.62. The van der Waals surface area contributed by atoms with Crippen molar-refractivity contribution in [2.24, 2.45) is 5.41 Å². The molecule has 2 unspecified atom stereocenters. The molecule has 0 saturated heterocycles. The van der Waals surface area contributed by atoms with Crippen LogP contribution in [0.15, 0.2) is 48.9 Å². The lowest BCUT2D eigenvalue weighted by molar-refractivity contribution is 0.189. The third-order valence-electron chi connectivity index (χ3n) is 7.21. The van der Waals surface area contributed by atoms with Crippen molar-refractivity contribution in [3.05, 3.63) is 77.5 Å². The molecule has 0 saturated carbocycles. The van der Waals surface area contributed by atoms with E-state index in [1.807, 2.05) is 6.07 Å². The topological polar surface area (TPSA) is 82.3 Å². The second kappa shape index (κ2) is 7.47. The van der Waals surface area contributed by atoms with Gasteiger partial charge in [-0.3, -0.25) is 0 Å². The number of nitrogens with zero attached hydrogens (tertiary/aromatic N) is 7. The van der Waals surface area contributed by atoms with Gasteiger partial charge in [0.05, 0.1) is 40.5 Å². The van der Waals surface area contributed by atoms with Crippen LogP contribution in [0.25, 0.3) is 17.2 Å². The van der Waals surface area contributed by atoms with Crippen LogP contribution in [0.5, 0.6) is 0 Å². The van der Waals surface area contributed by atoms with Gasteiger partial charge in [-0.25, -0.2) is 18.7 Å². The van der Waals surface area contributed by atoms with Crippen molar-refractivity contribution in [1.82, 2.24) is 35.2 Å². The Morgan fingerprint density at radius 2 is 1.67 bits per heavy atom. The number of benzene rings is 1. The van der Waals surface area contributed by atoms with Crippen molar-refractivity contribution in [3.8, 4) is 17.2 Å². The molecule has 1 aromatic carbocycles. The Morgan fingerprint density at radius 1 is 0.970 bits per heavy atom. The van der Waals surface area contributed by atoms with E-state index >= 15 is 0 Å². The van der Waals surface area contributed by atoms with Crippen LogP contribution in [-0.4, -0.2) is 35.2 Å². The minimum atomic E-state index is -0.663. The number of rotatable bonds is 4. The molecule has 0 spiro atoms. The Kier molecular flexibility index (Phi) is 4.81. The quantitative estimate of drug-likeness (QED) is 0.454. The minimum Gasteiger partial charge on any atom is -0.218 e. The average molecular weight is 447 g/mol. The van der Waals surface area contributed by atoms with Crippen molar-refractivity contribution < 1.29 is 8.78 Å². The summed E-state index contributed by atoms with van der Waals surface area (Å²) < 4.78 is 29.0. The van der Waals surface area contributed by atoms with E-state index in [1.165, 1.54) is 23.0 Å². The predicted molar refractivity (Wildman–Crippen MR) is 118 cm³/mol. The minimum absolute atomic E-state index is 0.0721. The predicted octanol–water partition coefficient (Wildman–Crippen LogP) is 4.63. The van der Waals surface area contributed by atoms with Gasteiger partial charge in [0.1, 0.15) is 11.6 Å². The molecule has 3 aromatic heterocycles. The van der Waals surface area contributed by atoms with Gasteiger partial charge in [-0.1, -0.05) is 26.8 Å². The molecule has 33 heavy (non-hydrogen) atoms. The molecule has 1 aliphatic carbocycles. The van der Waals surface area contributed by atoms with Gasteiger partial charge < -0.3 is 0 Å². The van der Waals surface area contributed by atoms with Crippen LogP contribution < -0.4 is 0 Å². The van der Waals surface area contributed by atoms with Crippen molar-refractivity contribution in [2.45, 2.75) is 45.4 Å². The fourth-order valence-electron chi connectivity index (χ4n) is 5.19. The molecule has 0 aliphatic heterocycles. The van der Waals surface area contributed by atoms with E-state index in [0.717, 1.165) is 23.4 Å². The first-order chi connectivity index (χ1) is 15.8. The number of fused-ring (bicyclic) bond motifs is 1. The first-order valence-corrected chi connectivity index (χ1v) is 10.8. The summed E-state index contributed by atoms with van der Waals surface area (Å²) in [5.41, 5.74) is 1.50. The third kappa shape index (κ3) is 2.98. The summed E-state index contributed by atoms with van der Waals surface area (Å²) in [5.74, 6) is -0.897. The van der Waals surface area contributed by atoms with E-state index in [-0.39, 0.29) is 22.6 Å². The van der Waals surface area contributed by atoms with Gasteiger partial charge in [-0.15, -0.1) is 9.90 Å². The summed E-state index contributed by atoms with van der Waals surface area (Å²) in [6, 6.07) is 7.44. The van der Waals surface area contributed by atoms with Gasteiger partial charge in [-0.05, 0) is 54.5 Å². The Balaban J connectivity index is 1.71. The van der Waals surface area contributed by atoms with Crippen LogP contribution in [0.3, 0.4) is 0 Å². The molecule has 168 valence electrons. The Bertz CT molecular complexity index is 1320. The van der Waals surface area contributed by atoms with E-state index < -0.39 is 17.0 Å². The summed E-state index contributed by atoms with van der Waals surface area (Å²) in [5, 5.41) is 17.1. The molecule has 4 aromatic rings. The number of hydrogen-bond acceptors (Lipinski definition) is 6. The fraction of sp³-hybridized carbons (Fsp3) is 0.333. The van der Waals surface area contributed by atoms with E-state index in [0.29, 0.717) is 5.95 Å². The second-order valence-corrected chi connectivity index (χ2v) is 9.00. The van der Waals surface area contributed by atoms with Gasteiger partial charge in [0.15, 0.2) is 0 Å². The van der Waals surface area contributed by atoms with Crippen LogP contribution in [0.4, 0.5) is 8.78 Å². The number of hydrogen-bond donors (Lipinski definition) is 0. The average Bonchev–Trinajstić information content (AvgIpc) is 3.39. The maximum absolute atomic E-state index is 14.5. The molecule has 2 atom stereocenters. The standard InChI is InChI=1S/C24H23F2N7/c1-5-15-14-13-18(20-16(25)7-6-8-17(20)26)31-32-21(14)24(4,23(15,2)3)19-9-10-27-22(30-19)33-28-11-12-29-33/h6-13,15H,5H2,1-4H3. The smallest absolute Gasteiger partial charge is 0.218 e. The molecule has 1 aliphatic rings. The van der Waals surface area contributed by atoms with Gasteiger partial charge in [-0.2, -0.15) is 15.3 Å². The van der Waals surface area contributed by atoms with Crippen LogP contribution in [0.2, 0.25) is 0 Å². The molecule has 5 rings (SSSR count). The van der Waals surface area contributed by atoms with Crippen molar-refractivity contribution in [2.75, 3.05) is 0 Å². The van der Waals surface area contributed by atoms with Gasteiger partial charge in [0.25, 0.3) is 5.95 Å². The van der Waals surface area contributed by atoms with Crippen LogP contribution in [0, 0.1) is 17.0 Å². The van der Waals surface area contributed by atoms with Crippen molar-refractivity contribution >= 4 is 0 Å². The highest BCUT2D eigenvalue weighted by atomic mass is 19.1. The van der Waals surface area contributed by atoms with E-state index in [2.05, 4.69) is 53.1 Å². The van der Waals surface area contributed by atoms with E-state index in [4.69, 9.17) is 4.98 Å². The molecule has 7 nitrogen and oxygen atoms in total. The lowest BCUT2D eigenvalue weighted by Crippen LogP contribution is -2.40. The summed E-state index contributed by atoms with van der Waals surface area (Å²) in [6.45, 7) is 8.52. The third-order valence-corrected chi connectivity index (χ3v) is 7.21. The highest BCUT2D eigenvalue weighted by Gasteiger charge is 2.57. The highest BCUT2D eigenvalue weighted by molar-refractivity contribution is 5.63. The zero-order valence-electron chi connectivity index (χ0n) is 18.8. The normalized spacial score (nSPS) is 21.2. The fourth-order valence-corrected chi connectivity index (χ4v) is 5.19. The largest absolute Gasteiger partial charge is 0.268 e. The second-order valence-electron chi connectivity index (χ2n) is 9.00. The number of aromatic nitrogens is 7. The molecule has 0 radical (unpaired) electrons. The summed E-state index contributed by atoms with van der Waals surface area (Å²) in [4.78, 5) is 10.5. The SMILES string of the molecule is CCC1c2cc(-c3c(F)cccc3F)nnc2C(C)(c2ccnc(-n3nccn3)n2)C1(C)C. The first kappa shape index (κ1) is 21.2. The van der Waals surface area contributed by atoms with Gasteiger partial charge >= 0.3 is 0 Å². The Morgan fingerprint density at radius 3 is 2.33 bits per heavy atom. The molecule has 0 amide bonds. The van der Waals surface area contributed by atoms with Crippen LogP contribution in [0.1, 0.15) is 57.0 Å². The van der Waals surface area contributed by atoms with Gasteiger partial charge in [0, 0.05) is 6.20 Å². The monoisotopic (exact) mass is 447 g/mol. The van der Waals surface area contributed by atoms with Crippen LogP contribution >= 0.6 is 0 Å². The van der Waals surface area contributed by atoms with E-state index in [1.54, 1.807) is 24.7 Å². The lowest BCUT2D eigenvalue weighted by Gasteiger charge is -2.41. The Labute approximate surface area is 189 Å². The molecular weight excluding hydrogens is 424 g/mol. The maximum atomic E-state index is 14.5. The summed E-state index contributed by atoms with van der Waals surface area (Å²) in [7, 11) is 0. The van der Waals surface area contributed by atoms with Crippen molar-refractivity contribution in [1.29, 1.82) is 0 Å². The summed E-state index contributed by atoms with van der Waals surface area (Å²) >= 11 is 0. The zero-order chi connectivity index (χ0) is 23.4. The molecule has 3 heterocycles. The Hall–Kier alpha value is -3.62. The molecular formula is C24H23F2N7. The maximum Gasteiger partial charge on any atom is 0.268 e. The zero-order valence-corrected chi connectivity index (χ0v) is 18.8. The first-order valence-electron chi connectivity index (χ1n) is 10.8. The number of halogens is 2. The van der Waals surface area contributed by atoms with Crippen molar-refractivity contribution in [3.63, 3.8) is 0 Å². The molecule has 0 N–H and O–H groups in total. The molecule has 0 fully saturated rings. The highest BCUT2D eigenvalue weighted by Crippen LogP contribution is 2.61.